The van der Waals surface area contributed by atoms with E-state index in [2.05, 4.69) is 4.90 Å². The lowest BCUT2D eigenvalue weighted by atomic mass is 9.97. The predicted octanol–water partition coefficient (Wildman–Crippen LogP) is 0.642. The van der Waals surface area contributed by atoms with Crippen LogP contribution in [-0.4, -0.2) is 48.8 Å². The lowest BCUT2D eigenvalue weighted by Crippen LogP contribution is -2.37. The van der Waals surface area contributed by atoms with Crippen LogP contribution in [0.5, 0.6) is 0 Å². The molecule has 1 aliphatic heterocycles. The van der Waals surface area contributed by atoms with Gasteiger partial charge in [0.25, 0.3) is 0 Å². The van der Waals surface area contributed by atoms with Crippen LogP contribution in [0.1, 0.15) is 26.2 Å². The Morgan fingerprint density at radius 2 is 2.13 bits per heavy atom. The number of hydrogen-bond donors (Lipinski definition) is 1. The van der Waals surface area contributed by atoms with Gasteiger partial charge in [0.15, 0.2) is 0 Å². The fourth-order valence-corrected chi connectivity index (χ4v) is 1.93. The summed E-state index contributed by atoms with van der Waals surface area (Å²) in [5.74, 6) is 0.00276. The number of carbonyl (C=O) groups excluding carboxylic acids is 1. The first kappa shape index (κ1) is 12.5. The summed E-state index contributed by atoms with van der Waals surface area (Å²) in [5, 5.41) is 9.16. The summed E-state index contributed by atoms with van der Waals surface area (Å²) in [6, 6.07) is 0. The molecule has 0 amide bonds. The molecule has 1 rings (SSSR count). The maximum atomic E-state index is 11.3. The van der Waals surface area contributed by atoms with Crippen LogP contribution in [-0.2, 0) is 9.53 Å². The maximum absolute atomic E-state index is 11.3. The number of nitrogens with zero attached hydrogens (tertiary/aromatic N) is 1. The molecule has 1 saturated heterocycles. The van der Waals surface area contributed by atoms with Gasteiger partial charge in [0.05, 0.1) is 19.1 Å². The number of ether oxygens (including phenoxy) is 1. The summed E-state index contributed by atoms with van der Waals surface area (Å²) >= 11 is 0. The minimum Gasteiger partial charge on any atom is -0.469 e. The van der Waals surface area contributed by atoms with E-state index >= 15 is 0 Å². The fraction of sp³-hybridized carbons (Fsp3) is 0.909. The summed E-state index contributed by atoms with van der Waals surface area (Å²) < 4.78 is 4.73. The van der Waals surface area contributed by atoms with Crippen LogP contribution in [0.4, 0.5) is 0 Å². The molecular formula is C11H21NO3. The molecule has 1 heterocycles. The van der Waals surface area contributed by atoms with E-state index in [4.69, 9.17) is 9.84 Å². The topological polar surface area (TPSA) is 49.8 Å². The molecule has 15 heavy (non-hydrogen) atoms. The second-order valence-electron chi connectivity index (χ2n) is 4.28. The molecule has 0 radical (unpaired) electrons. The van der Waals surface area contributed by atoms with Gasteiger partial charge in [-0.15, -0.1) is 0 Å². The first-order chi connectivity index (χ1) is 7.13. The molecule has 1 aliphatic rings. The van der Waals surface area contributed by atoms with Crippen LogP contribution < -0.4 is 0 Å². The standard InChI is InChI=1S/C11H21NO3/c1-9(13)3-6-12-7-4-10(5-8-12)11(14)15-2/h9-10,13H,3-8H2,1-2H3. The Bertz CT molecular complexity index is 198. The Kier molecular flexibility index (Phi) is 5.05. The summed E-state index contributed by atoms with van der Waals surface area (Å²) in [7, 11) is 1.45. The molecule has 0 spiro atoms. The van der Waals surface area contributed by atoms with Crippen molar-refractivity contribution in [3.8, 4) is 0 Å². The van der Waals surface area contributed by atoms with Crippen LogP contribution in [0.15, 0.2) is 0 Å². The van der Waals surface area contributed by atoms with Crippen molar-refractivity contribution in [2.24, 2.45) is 5.92 Å². The SMILES string of the molecule is COC(=O)C1CCN(CCC(C)O)CC1. The summed E-state index contributed by atoms with van der Waals surface area (Å²) in [6.07, 6.45) is 2.34. The summed E-state index contributed by atoms with van der Waals surface area (Å²) in [4.78, 5) is 13.6. The van der Waals surface area contributed by atoms with Crippen molar-refractivity contribution >= 4 is 5.97 Å². The lowest BCUT2D eigenvalue weighted by Gasteiger charge is -2.30. The van der Waals surface area contributed by atoms with Crippen molar-refractivity contribution in [3.63, 3.8) is 0 Å². The van der Waals surface area contributed by atoms with E-state index in [0.717, 1.165) is 38.9 Å². The van der Waals surface area contributed by atoms with Gasteiger partial charge in [-0.2, -0.15) is 0 Å². The molecule has 0 aromatic rings. The van der Waals surface area contributed by atoms with E-state index in [1.807, 2.05) is 0 Å². The van der Waals surface area contributed by atoms with Gasteiger partial charge in [-0.25, -0.2) is 0 Å². The van der Waals surface area contributed by atoms with Gasteiger partial charge in [-0.05, 0) is 39.3 Å². The molecular weight excluding hydrogens is 194 g/mol. The number of aliphatic hydroxyl groups excluding tert-OH is 1. The molecule has 0 aromatic carbocycles. The number of methoxy groups -OCH3 is 1. The Labute approximate surface area is 91.2 Å². The predicted molar refractivity (Wildman–Crippen MR) is 57.5 cm³/mol. The Morgan fingerprint density at radius 1 is 1.53 bits per heavy atom. The third-order valence-electron chi connectivity index (χ3n) is 2.99. The Morgan fingerprint density at radius 3 is 2.60 bits per heavy atom. The third-order valence-corrected chi connectivity index (χ3v) is 2.99. The van der Waals surface area contributed by atoms with Crippen molar-refractivity contribution < 1.29 is 14.6 Å². The smallest absolute Gasteiger partial charge is 0.308 e. The Hall–Kier alpha value is -0.610. The molecule has 1 unspecified atom stereocenters. The highest BCUT2D eigenvalue weighted by atomic mass is 16.5. The molecule has 0 bridgehead atoms. The summed E-state index contributed by atoms with van der Waals surface area (Å²) in [6.45, 7) is 4.60. The highest BCUT2D eigenvalue weighted by molar-refractivity contribution is 5.72. The lowest BCUT2D eigenvalue weighted by molar-refractivity contribution is -0.147. The van der Waals surface area contributed by atoms with E-state index < -0.39 is 0 Å². The van der Waals surface area contributed by atoms with Crippen LogP contribution in [0, 0.1) is 5.92 Å². The summed E-state index contributed by atoms with van der Waals surface area (Å²) in [5.41, 5.74) is 0. The van der Waals surface area contributed by atoms with Gasteiger partial charge >= 0.3 is 5.97 Å². The normalized spacial score (nSPS) is 21.3. The molecule has 88 valence electrons. The van der Waals surface area contributed by atoms with Crippen LogP contribution >= 0.6 is 0 Å². The number of carbonyl (C=O) groups is 1. The largest absolute Gasteiger partial charge is 0.469 e. The second kappa shape index (κ2) is 6.08. The molecule has 0 saturated carbocycles. The number of aliphatic hydroxyl groups is 1. The highest BCUT2D eigenvalue weighted by Crippen LogP contribution is 2.18. The zero-order chi connectivity index (χ0) is 11.3. The molecule has 0 aliphatic carbocycles. The molecule has 1 fully saturated rings. The van der Waals surface area contributed by atoms with Crippen LogP contribution in [0.2, 0.25) is 0 Å². The van der Waals surface area contributed by atoms with Gasteiger partial charge in [0.1, 0.15) is 0 Å². The second-order valence-corrected chi connectivity index (χ2v) is 4.28. The minimum atomic E-state index is -0.233. The van der Waals surface area contributed by atoms with Crippen LogP contribution in [0.3, 0.4) is 0 Å². The van der Waals surface area contributed by atoms with Gasteiger partial charge in [0, 0.05) is 6.54 Å². The average molecular weight is 215 g/mol. The number of likely N-dealkylation sites (tertiary alicyclic amines) is 1. The van der Waals surface area contributed by atoms with Crippen molar-refractivity contribution in [1.82, 2.24) is 4.90 Å². The van der Waals surface area contributed by atoms with Crippen molar-refractivity contribution in [2.75, 3.05) is 26.7 Å². The first-order valence-corrected chi connectivity index (χ1v) is 5.61. The van der Waals surface area contributed by atoms with E-state index in [1.54, 1.807) is 6.92 Å². The molecule has 4 heteroatoms. The molecule has 4 nitrogen and oxygen atoms in total. The van der Waals surface area contributed by atoms with Crippen molar-refractivity contribution in [2.45, 2.75) is 32.3 Å². The zero-order valence-electron chi connectivity index (χ0n) is 9.61. The number of esters is 1. The van der Waals surface area contributed by atoms with Gasteiger partial charge in [0.2, 0.25) is 0 Å². The number of piperidine rings is 1. The Balaban J connectivity index is 2.21. The quantitative estimate of drug-likeness (QED) is 0.699. The van der Waals surface area contributed by atoms with Crippen LogP contribution in [0.25, 0.3) is 0 Å². The minimum absolute atomic E-state index is 0.0785. The molecule has 0 aromatic heterocycles. The van der Waals surface area contributed by atoms with E-state index in [-0.39, 0.29) is 18.0 Å². The van der Waals surface area contributed by atoms with E-state index in [1.165, 1.54) is 7.11 Å². The van der Waals surface area contributed by atoms with Gasteiger partial charge < -0.3 is 14.7 Å². The number of rotatable bonds is 4. The first-order valence-electron chi connectivity index (χ1n) is 5.61. The average Bonchev–Trinajstić information content (AvgIpc) is 2.26. The monoisotopic (exact) mass is 215 g/mol. The number of hydrogen-bond acceptors (Lipinski definition) is 4. The van der Waals surface area contributed by atoms with Gasteiger partial charge in [-0.3, -0.25) is 4.79 Å². The highest BCUT2D eigenvalue weighted by Gasteiger charge is 2.25. The van der Waals surface area contributed by atoms with E-state index in [9.17, 15) is 4.79 Å². The van der Waals surface area contributed by atoms with E-state index in [0.29, 0.717) is 0 Å². The molecule has 1 atom stereocenters. The van der Waals surface area contributed by atoms with Gasteiger partial charge in [-0.1, -0.05) is 0 Å². The molecule has 1 N–H and O–H groups in total. The zero-order valence-corrected chi connectivity index (χ0v) is 9.61. The third kappa shape index (κ3) is 4.18. The maximum Gasteiger partial charge on any atom is 0.308 e. The van der Waals surface area contributed by atoms with Crippen molar-refractivity contribution in [3.05, 3.63) is 0 Å². The van der Waals surface area contributed by atoms with Crippen molar-refractivity contribution in [1.29, 1.82) is 0 Å². The fourth-order valence-electron chi connectivity index (χ4n) is 1.93.